The van der Waals surface area contributed by atoms with Gasteiger partial charge in [0.25, 0.3) is 5.56 Å². The summed E-state index contributed by atoms with van der Waals surface area (Å²) in [6.07, 6.45) is 3.15. The molecule has 4 nitrogen and oxygen atoms in total. The van der Waals surface area contributed by atoms with Crippen LogP contribution in [0.15, 0.2) is 29.5 Å². The van der Waals surface area contributed by atoms with Crippen molar-refractivity contribution in [3.63, 3.8) is 0 Å². The van der Waals surface area contributed by atoms with Crippen LogP contribution in [0.4, 0.5) is 0 Å². The Bertz CT molecular complexity index is 489. The maximum atomic E-state index is 11.4. The summed E-state index contributed by atoms with van der Waals surface area (Å²) in [6, 6.07) is 3.28. The summed E-state index contributed by atoms with van der Waals surface area (Å²) in [7, 11) is 0. The molecule has 0 aliphatic rings. The molecule has 4 heteroatoms. The molecule has 66 valence electrons. The third-order valence-corrected chi connectivity index (χ3v) is 1.96. The minimum absolute atomic E-state index is 0.0197. The van der Waals surface area contributed by atoms with Crippen molar-refractivity contribution in [2.45, 2.75) is 13.5 Å². The summed E-state index contributed by atoms with van der Waals surface area (Å²) in [5.74, 6) is 0. The summed E-state index contributed by atoms with van der Waals surface area (Å²) < 4.78 is 1.62. The van der Waals surface area contributed by atoms with Crippen LogP contribution >= 0.6 is 0 Å². The van der Waals surface area contributed by atoms with Crippen LogP contribution in [-0.2, 0) is 6.54 Å². The van der Waals surface area contributed by atoms with E-state index in [1.165, 1.54) is 12.4 Å². The molecule has 0 aromatic carbocycles. The third kappa shape index (κ3) is 1.20. The first-order valence-corrected chi connectivity index (χ1v) is 4.12. The lowest BCUT2D eigenvalue weighted by Gasteiger charge is -2.04. The zero-order chi connectivity index (χ0) is 9.26. The molecule has 0 saturated carbocycles. The Hall–Kier alpha value is -1.71. The summed E-state index contributed by atoms with van der Waals surface area (Å²) in [4.78, 5) is 19.3. The molecule has 0 bridgehead atoms. The quantitative estimate of drug-likeness (QED) is 0.644. The van der Waals surface area contributed by atoms with E-state index in [0.29, 0.717) is 12.2 Å². The normalized spacial score (nSPS) is 10.5. The van der Waals surface area contributed by atoms with Gasteiger partial charge < -0.3 is 0 Å². The van der Waals surface area contributed by atoms with E-state index in [1.807, 2.05) is 6.92 Å². The minimum atomic E-state index is -0.0197. The number of pyridine rings is 1. The first-order chi connectivity index (χ1) is 6.33. The molecule has 0 spiro atoms. The fraction of sp³-hybridized carbons (Fsp3) is 0.222. The van der Waals surface area contributed by atoms with Crippen LogP contribution in [0, 0.1) is 0 Å². The van der Waals surface area contributed by atoms with Crippen molar-refractivity contribution >= 4 is 11.0 Å². The van der Waals surface area contributed by atoms with Crippen LogP contribution < -0.4 is 5.56 Å². The van der Waals surface area contributed by atoms with Gasteiger partial charge in [-0.25, -0.2) is 9.97 Å². The Morgan fingerprint density at radius 3 is 3.08 bits per heavy atom. The maximum absolute atomic E-state index is 11.4. The fourth-order valence-electron chi connectivity index (χ4n) is 1.34. The van der Waals surface area contributed by atoms with E-state index in [0.717, 1.165) is 5.39 Å². The first kappa shape index (κ1) is 7.91. The molecule has 0 unspecified atom stereocenters. The van der Waals surface area contributed by atoms with E-state index in [1.54, 1.807) is 16.8 Å². The predicted octanol–water partition coefficient (Wildman–Crippen LogP) is 0.811. The van der Waals surface area contributed by atoms with Crippen molar-refractivity contribution in [1.82, 2.24) is 14.5 Å². The lowest BCUT2D eigenvalue weighted by molar-refractivity contribution is 0.748. The van der Waals surface area contributed by atoms with Crippen LogP contribution in [-0.4, -0.2) is 14.5 Å². The van der Waals surface area contributed by atoms with Crippen LogP contribution in [0.5, 0.6) is 0 Å². The van der Waals surface area contributed by atoms with Gasteiger partial charge >= 0.3 is 0 Å². The van der Waals surface area contributed by atoms with E-state index in [9.17, 15) is 4.79 Å². The number of nitrogens with zero attached hydrogens (tertiary/aromatic N) is 3. The molecule has 0 saturated heterocycles. The lowest BCUT2D eigenvalue weighted by Crippen LogP contribution is -2.18. The van der Waals surface area contributed by atoms with E-state index < -0.39 is 0 Å². The molecular weight excluding hydrogens is 166 g/mol. The van der Waals surface area contributed by atoms with Crippen molar-refractivity contribution in [3.05, 3.63) is 35.0 Å². The summed E-state index contributed by atoms with van der Waals surface area (Å²) in [6.45, 7) is 2.55. The summed E-state index contributed by atoms with van der Waals surface area (Å²) in [5, 5.41) is 0.893. The number of fused-ring (bicyclic) bond motifs is 1. The van der Waals surface area contributed by atoms with Crippen LogP contribution in [0.2, 0.25) is 0 Å². The SMILES string of the molecule is CCn1c(=O)ccc2cncnc21. The molecule has 2 aromatic heterocycles. The first-order valence-electron chi connectivity index (χ1n) is 4.12. The average Bonchev–Trinajstić information content (AvgIpc) is 2.18. The Morgan fingerprint density at radius 2 is 2.31 bits per heavy atom. The molecule has 0 amide bonds. The van der Waals surface area contributed by atoms with Gasteiger partial charge in [-0.2, -0.15) is 0 Å². The molecule has 13 heavy (non-hydrogen) atoms. The zero-order valence-electron chi connectivity index (χ0n) is 7.27. The fourth-order valence-corrected chi connectivity index (χ4v) is 1.34. The molecule has 0 aliphatic carbocycles. The van der Waals surface area contributed by atoms with Crippen LogP contribution in [0.1, 0.15) is 6.92 Å². The molecule has 2 heterocycles. The summed E-state index contributed by atoms with van der Waals surface area (Å²) >= 11 is 0. The highest BCUT2D eigenvalue weighted by Gasteiger charge is 2.00. The van der Waals surface area contributed by atoms with Crippen LogP contribution in [0.3, 0.4) is 0 Å². The zero-order valence-corrected chi connectivity index (χ0v) is 7.27. The standard InChI is InChI=1S/C9H9N3O/c1-2-12-8(13)4-3-7-5-10-6-11-9(7)12/h3-6H,2H2,1H3. The second-order valence-corrected chi connectivity index (χ2v) is 2.72. The van der Waals surface area contributed by atoms with Gasteiger partial charge in [-0.15, -0.1) is 0 Å². The van der Waals surface area contributed by atoms with Gasteiger partial charge in [-0.05, 0) is 13.0 Å². The van der Waals surface area contributed by atoms with E-state index in [-0.39, 0.29) is 5.56 Å². The Balaban J connectivity index is 2.92. The topological polar surface area (TPSA) is 47.8 Å². The Labute approximate surface area is 74.9 Å². The number of rotatable bonds is 1. The Kier molecular flexibility index (Phi) is 1.81. The maximum Gasteiger partial charge on any atom is 0.252 e. The Morgan fingerprint density at radius 1 is 1.46 bits per heavy atom. The van der Waals surface area contributed by atoms with Gasteiger partial charge in [0, 0.05) is 24.2 Å². The lowest BCUT2D eigenvalue weighted by atomic mass is 10.3. The number of aryl methyl sites for hydroxylation is 1. The van der Waals surface area contributed by atoms with E-state index in [2.05, 4.69) is 9.97 Å². The van der Waals surface area contributed by atoms with Crippen molar-refractivity contribution in [3.8, 4) is 0 Å². The van der Waals surface area contributed by atoms with Crippen molar-refractivity contribution in [1.29, 1.82) is 0 Å². The van der Waals surface area contributed by atoms with Gasteiger partial charge in [-0.1, -0.05) is 0 Å². The van der Waals surface area contributed by atoms with Crippen LogP contribution in [0.25, 0.3) is 11.0 Å². The monoisotopic (exact) mass is 175 g/mol. The molecule has 0 radical (unpaired) electrons. The number of hydrogen-bond donors (Lipinski definition) is 0. The third-order valence-electron chi connectivity index (χ3n) is 1.96. The molecule has 0 N–H and O–H groups in total. The molecule has 2 rings (SSSR count). The highest BCUT2D eigenvalue weighted by Crippen LogP contribution is 2.05. The molecule has 0 aliphatic heterocycles. The molecule has 0 atom stereocenters. The van der Waals surface area contributed by atoms with Crippen molar-refractivity contribution in [2.75, 3.05) is 0 Å². The number of aromatic nitrogens is 3. The predicted molar refractivity (Wildman–Crippen MR) is 49.5 cm³/mol. The highest BCUT2D eigenvalue weighted by atomic mass is 16.1. The smallest absolute Gasteiger partial charge is 0.252 e. The number of hydrogen-bond acceptors (Lipinski definition) is 3. The minimum Gasteiger partial charge on any atom is -0.293 e. The van der Waals surface area contributed by atoms with E-state index in [4.69, 9.17) is 0 Å². The molecule has 2 aromatic rings. The second kappa shape index (κ2) is 2.97. The molecule has 0 fully saturated rings. The average molecular weight is 175 g/mol. The van der Waals surface area contributed by atoms with Gasteiger partial charge in [0.1, 0.15) is 12.0 Å². The van der Waals surface area contributed by atoms with E-state index >= 15 is 0 Å². The van der Waals surface area contributed by atoms with Crippen molar-refractivity contribution < 1.29 is 0 Å². The van der Waals surface area contributed by atoms with Gasteiger partial charge in [-0.3, -0.25) is 9.36 Å². The van der Waals surface area contributed by atoms with Gasteiger partial charge in [0.2, 0.25) is 0 Å². The highest BCUT2D eigenvalue weighted by molar-refractivity contribution is 5.73. The second-order valence-electron chi connectivity index (χ2n) is 2.72. The van der Waals surface area contributed by atoms with Gasteiger partial charge in [0.15, 0.2) is 0 Å². The summed E-state index contributed by atoms with van der Waals surface area (Å²) in [5.41, 5.74) is 0.679. The largest absolute Gasteiger partial charge is 0.293 e. The van der Waals surface area contributed by atoms with Crippen molar-refractivity contribution in [2.24, 2.45) is 0 Å². The molecular formula is C9H9N3O. The van der Waals surface area contributed by atoms with Gasteiger partial charge in [0.05, 0.1) is 0 Å².